The highest BCUT2D eigenvalue weighted by molar-refractivity contribution is 7.15. The van der Waals surface area contributed by atoms with Crippen LogP contribution in [0.4, 0.5) is 10.8 Å². The maximum absolute atomic E-state index is 12.9. The second kappa shape index (κ2) is 8.57. The van der Waals surface area contributed by atoms with Crippen molar-refractivity contribution in [3.05, 3.63) is 33.6 Å². The predicted octanol–water partition coefficient (Wildman–Crippen LogP) is 3.57. The number of thiazole rings is 1. The first-order chi connectivity index (χ1) is 15.5. The van der Waals surface area contributed by atoms with Gasteiger partial charge < -0.3 is 9.47 Å². The first-order valence-electron chi connectivity index (χ1n) is 10.3. The number of hydrogen-bond acceptors (Lipinski definition) is 9. The smallest absolute Gasteiger partial charge is 0.268 e. The van der Waals surface area contributed by atoms with Gasteiger partial charge in [-0.2, -0.15) is 0 Å². The molecule has 2 aromatic heterocycles. The quantitative estimate of drug-likeness (QED) is 0.606. The summed E-state index contributed by atoms with van der Waals surface area (Å²) in [6, 6.07) is 5.55. The summed E-state index contributed by atoms with van der Waals surface area (Å²) in [5.41, 5.74) is 2.22. The minimum Gasteiger partial charge on any atom is -0.479 e. The van der Waals surface area contributed by atoms with Gasteiger partial charge in [-0.25, -0.2) is 4.98 Å². The Morgan fingerprint density at radius 1 is 1.34 bits per heavy atom. The first-order valence-corrected chi connectivity index (χ1v) is 12.0. The molecular formula is C21H21N5O4S2. The molecule has 1 fully saturated rings. The van der Waals surface area contributed by atoms with Gasteiger partial charge in [0, 0.05) is 17.6 Å². The lowest BCUT2D eigenvalue weighted by Crippen LogP contribution is -2.47. The number of aromatic nitrogens is 3. The molecular weight excluding hydrogens is 450 g/mol. The zero-order valence-electron chi connectivity index (χ0n) is 17.5. The van der Waals surface area contributed by atoms with Crippen molar-refractivity contribution in [1.82, 2.24) is 15.2 Å². The number of nitrogens with one attached hydrogen (secondary N) is 1. The van der Waals surface area contributed by atoms with Gasteiger partial charge in [0.2, 0.25) is 11.0 Å². The van der Waals surface area contributed by atoms with Crippen LogP contribution in [0.5, 0.6) is 5.75 Å². The Bertz CT molecular complexity index is 1170. The van der Waals surface area contributed by atoms with Crippen molar-refractivity contribution < 1.29 is 19.1 Å². The number of ether oxygens (including phenoxy) is 2. The van der Waals surface area contributed by atoms with Crippen molar-refractivity contribution in [2.24, 2.45) is 0 Å². The molecule has 166 valence electrons. The van der Waals surface area contributed by atoms with E-state index in [1.807, 2.05) is 30.5 Å². The Morgan fingerprint density at radius 3 is 2.97 bits per heavy atom. The highest BCUT2D eigenvalue weighted by atomic mass is 32.1. The standard InChI is InChI=1S/C21H21N5O4S2/c1-11-20(28)26(9-18(27)23-21-25-24-19(32-21)17-4-3-7-29-17)15-8-13(5-6-16(15)30-11)14-10-31-12(2)22-14/h5-6,8,10-11,17H,3-4,7,9H2,1-2H3,(H,23,25,27). The van der Waals surface area contributed by atoms with Crippen molar-refractivity contribution in [2.75, 3.05) is 23.4 Å². The molecule has 1 saturated heterocycles. The highest BCUT2D eigenvalue weighted by Crippen LogP contribution is 2.38. The fourth-order valence-corrected chi connectivity index (χ4v) is 5.18. The molecule has 32 heavy (non-hydrogen) atoms. The monoisotopic (exact) mass is 471 g/mol. The molecule has 3 aromatic rings. The molecule has 0 bridgehead atoms. The summed E-state index contributed by atoms with van der Waals surface area (Å²) in [4.78, 5) is 31.6. The molecule has 2 unspecified atom stereocenters. The number of anilines is 2. The molecule has 0 radical (unpaired) electrons. The van der Waals surface area contributed by atoms with Crippen molar-refractivity contribution in [3.8, 4) is 17.0 Å². The molecule has 1 aromatic carbocycles. The molecule has 5 rings (SSSR count). The number of aryl methyl sites for hydroxylation is 1. The average Bonchev–Trinajstić information content (AvgIpc) is 3.53. The van der Waals surface area contributed by atoms with Crippen LogP contribution in [0.2, 0.25) is 0 Å². The molecule has 1 N–H and O–H groups in total. The molecule has 0 saturated carbocycles. The molecule has 2 atom stereocenters. The van der Waals surface area contributed by atoms with E-state index in [0.29, 0.717) is 23.2 Å². The van der Waals surface area contributed by atoms with E-state index in [1.165, 1.54) is 16.2 Å². The number of amides is 2. The van der Waals surface area contributed by atoms with Gasteiger partial charge in [-0.1, -0.05) is 11.3 Å². The molecule has 2 amide bonds. The summed E-state index contributed by atoms with van der Waals surface area (Å²) in [6.45, 7) is 4.17. The van der Waals surface area contributed by atoms with Gasteiger partial charge in [-0.05, 0) is 44.9 Å². The van der Waals surface area contributed by atoms with Crippen LogP contribution < -0.4 is 15.0 Å². The number of fused-ring (bicyclic) bond motifs is 1. The van der Waals surface area contributed by atoms with E-state index in [9.17, 15) is 9.59 Å². The topological polar surface area (TPSA) is 107 Å². The van der Waals surface area contributed by atoms with E-state index in [1.54, 1.807) is 18.3 Å². The SMILES string of the molecule is Cc1nc(-c2ccc3c(c2)N(CC(=O)Nc2nnc(C4CCCO4)s2)C(=O)C(C)O3)cs1. The van der Waals surface area contributed by atoms with Gasteiger partial charge in [-0.15, -0.1) is 21.5 Å². The summed E-state index contributed by atoms with van der Waals surface area (Å²) in [7, 11) is 0. The molecule has 11 heteroatoms. The van der Waals surface area contributed by atoms with Gasteiger partial charge in [-0.3, -0.25) is 19.8 Å². The summed E-state index contributed by atoms with van der Waals surface area (Å²) in [5, 5.41) is 15.0. The minimum absolute atomic E-state index is 0.0560. The van der Waals surface area contributed by atoms with Crippen molar-refractivity contribution in [1.29, 1.82) is 0 Å². The molecule has 2 aliphatic heterocycles. The summed E-state index contributed by atoms with van der Waals surface area (Å²) in [5.74, 6) is -0.0860. The maximum atomic E-state index is 12.9. The van der Waals surface area contributed by atoms with E-state index in [2.05, 4.69) is 20.5 Å². The first kappa shape index (κ1) is 21.0. The van der Waals surface area contributed by atoms with E-state index in [-0.39, 0.29) is 24.5 Å². The number of nitrogens with zero attached hydrogens (tertiary/aromatic N) is 4. The van der Waals surface area contributed by atoms with Gasteiger partial charge in [0.25, 0.3) is 5.91 Å². The summed E-state index contributed by atoms with van der Waals surface area (Å²) < 4.78 is 11.4. The number of carbonyl (C=O) groups excluding carboxylic acids is 2. The minimum atomic E-state index is -0.685. The van der Waals surface area contributed by atoms with Crippen LogP contribution in [-0.2, 0) is 14.3 Å². The number of benzene rings is 1. The third-order valence-electron chi connectivity index (χ3n) is 5.28. The Balaban J connectivity index is 1.35. The zero-order valence-corrected chi connectivity index (χ0v) is 19.2. The fraction of sp³-hybridized carbons (Fsp3) is 0.381. The number of hydrogen-bond donors (Lipinski definition) is 1. The van der Waals surface area contributed by atoms with Gasteiger partial charge in [0.15, 0.2) is 6.10 Å². The van der Waals surface area contributed by atoms with Crippen LogP contribution >= 0.6 is 22.7 Å². The molecule has 0 spiro atoms. The highest BCUT2D eigenvalue weighted by Gasteiger charge is 2.33. The predicted molar refractivity (Wildman–Crippen MR) is 121 cm³/mol. The lowest BCUT2D eigenvalue weighted by Gasteiger charge is -2.32. The Hall–Kier alpha value is -2.89. The summed E-state index contributed by atoms with van der Waals surface area (Å²) >= 11 is 2.85. The van der Waals surface area contributed by atoms with Crippen LogP contribution in [0.25, 0.3) is 11.3 Å². The third-order valence-corrected chi connectivity index (χ3v) is 6.98. The maximum Gasteiger partial charge on any atom is 0.268 e. The van der Waals surface area contributed by atoms with Crippen molar-refractivity contribution in [2.45, 2.75) is 38.9 Å². The molecule has 2 aliphatic rings. The van der Waals surface area contributed by atoms with Crippen LogP contribution in [-0.4, -0.2) is 46.3 Å². The normalized spacial score (nSPS) is 20.2. The molecule has 0 aliphatic carbocycles. The van der Waals surface area contributed by atoms with Crippen LogP contribution in [0.3, 0.4) is 0 Å². The van der Waals surface area contributed by atoms with Gasteiger partial charge in [0.1, 0.15) is 23.4 Å². The van der Waals surface area contributed by atoms with Crippen molar-refractivity contribution >= 4 is 45.3 Å². The van der Waals surface area contributed by atoms with E-state index >= 15 is 0 Å². The van der Waals surface area contributed by atoms with Crippen LogP contribution in [0, 0.1) is 6.92 Å². The fourth-order valence-electron chi connectivity index (χ4n) is 3.72. The Labute approximate surface area is 192 Å². The zero-order chi connectivity index (χ0) is 22.2. The summed E-state index contributed by atoms with van der Waals surface area (Å²) in [6.07, 6.45) is 1.15. The van der Waals surface area contributed by atoms with Crippen molar-refractivity contribution in [3.63, 3.8) is 0 Å². The van der Waals surface area contributed by atoms with E-state index < -0.39 is 6.10 Å². The van der Waals surface area contributed by atoms with Gasteiger partial charge >= 0.3 is 0 Å². The lowest BCUT2D eigenvalue weighted by molar-refractivity contribution is -0.127. The Morgan fingerprint density at radius 2 is 2.22 bits per heavy atom. The van der Waals surface area contributed by atoms with Crippen LogP contribution in [0.1, 0.15) is 35.9 Å². The lowest BCUT2D eigenvalue weighted by atomic mass is 10.1. The Kier molecular flexibility index (Phi) is 5.62. The largest absolute Gasteiger partial charge is 0.479 e. The van der Waals surface area contributed by atoms with E-state index in [0.717, 1.165) is 34.1 Å². The molecule has 4 heterocycles. The number of carbonyl (C=O) groups is 2. The third kappa shape index (κ3) is 4.10. The van der Waals surface area contributed by atoms with Gasteiger partial charge in [0.05, 0.1) is 16.4 Å². The van der Waals surface area contributed by atoms with Crippen LogP contribution in [0.15, 0.2) is 23.6 Å². The molecule has 9 nitrogen and oxygen atoms in total. The van der Waals surface area contributed by atoms with E-state index in [4.69, 9.17) is 9.47 Å². The average molecular weight is 472 g/mol. The second-order valence-electron chi connectivity index (χ2n) is 7.61. The number of rotatable bonds is 5. The second-order valence-corrected chi connectivity index (χ2v) is 9.69.